The van der Waals surface area contributed by atoms with Crippen molar-refractivity contribution in [3.63, 3.8) is 0 Å². The Morgan fingerprint density at radius 3 is 1.28 bits per heavy atom. The van der Waals surface area contributed by atoms with E-state index >= 15 is 0 Å². The van der Waals surface area contributed by atoms with Crippen LogP contribution in [0.4, 0.5) is 0 Å². The Balaban J connectivity index is 2.31. The molecule has 0 aliphatic heterocycles. The molecule has 2 heterocycles. The van der Waals surface area contributed by atoms with E-state index in [-0.39, 0.29) is 12.2 Å². The van der Waals surface area contributed by atoms with Crippen LogP contribution in [0, 0.1) is 0 Å². The van der Waals surface area contributed by atoms with Gasteiger partial charge in [0.05, 0.1) is 0 Å². The zero-order chi connectivity index (χ0) is 26.7. The molecule has 0 saturated heterocycles. The third-order valence-electron chi connectivity index (χ3n) is 7.08. The molecule has 0 fully saturated rings. The normalized spacial score (nSPS) is 14.5. The monoisotopic (exact) mass is 746 g/mol. The molecule has 0 aliphatic carbocycles. The van der Waals surface area contributed by atoms with Crippen LogP contribution in [0.1, 0.15) is 79.1 Å². The fraction of sp³-hybridized carbons (Fsp3) is 0.667. The Morgan fingerprint density at radius 1 is 0.639 bits per heavy atom. The minimum absolute atomic E-state index is 0.279. The summed E-state index contributed by atoms with van der Waals surface area (Å²) in [6.45, 7) is 9.12. The van der Waals surface area contributed by atoms with Crippen molar-refractivity contribution in [3.8, 4) is 11.5 Å². The molecular formula is C30H50O2S2Sn2. The molecule has 6 heteroatoms. The van der Waals surface area contributed by atoms with E-state index in [1.165, 1.54) is 45.9 Å². The predicted octanol–water partition coefficient (Wildman–Crippen LogP) is 9.90. The Morgan fingerprint density at radius 2 is 1.00 bits per heavy atom. The van der Waals surface area contributed by atoms with Crippen LogP contribution < -0.4 is 15.3 Å². The van der Waals surface area contributed by atoms with Gasteiger partial charge in [0.25, 0.3) is 0 Å². The van der Waals surface area contributed by atoms with Crippen molar-refractivity contribution in [2.45, 2.75) is 121 Å². The molecule has 2 atom stereocenters. The Labute approximate surface area is 237 Å². The van der Waals surface area contributed by atoms with Gasteiger partial charge in [-0.15, -0.1) is 0 Å². The van der Waals surface area contributed by atoms with E-state index in [4.69, 9.17) is 9.47 Å². The summed E-state index contributed by atoms with van der Waals surface area (Å²) in [6, 6.07) is 5.02. The van der Waals surface area contributed by atoms with Crippen molar-refractivity contribution >= 4 is 85.4 Å². The topological polar surface area (TPSA) is 18.5 Å². The minimum atomic E-state index is -2.28. The molecule has 3 rings (SSSR count). The first kappa shape index (κ1) is 30.9. The molecule has 0 saturated carbocycles. The third-order valence-corrected chi connectivity index (χ3v) is 28.2. The molecule has 0 aliphatic rings. The van der Waals surface area contributed by atoms with Crippen molar-refractivity contribution in [1.82, 2.24) is 0 Å². The van der Waals surface area contributed by atoms with Crippen molar-refractivity contribution in [2.24, 2.45) is 0 Å². The molecule has 2 nitrogen and oxygen atoms in total. The summed E-state index contributed by atoms with van der Waals surface area (Å²) in [5.74, 6) is 2.31. The van der Waals surface area contributed by atoms with Gasteiger partial charge in [0.2, 0.25) is 0 Å². The number of hydrogen-bond acceptors (Lipinski definition) is 4. The third kappa shape index (κ3) is 7.29. The van der Waals surface area contributed by atoms with Crippen LogP contribution in [0.2, 0.25) is 29.6 Å². The van der Waals surface area contributed by atoms with Gasteiger partial charge in [0, 0.05) is 0 Å². The SMILES string of the molecule is CCCCC(CC)Oc1c2c[c]([Sn]([CH3])([CH3])[CH3])sc2c(OC(CC)CCCC)c2c[c]([Sn]([CH3])([CH3])[CH3])sc12. The quantitative estimate of drug-likeness (QED) is 0.153. The Kier molecular flexibility index (Phi) is 11.3. The zero-order valence-electron chi connectivity index (χ0n) is 24.6. The van der Waals surface area contributed by atoms with Crippen LogP contribution in [-0.2, 0) is 0 Å². The predicted molar refractivity (Wildman–Crippen MR) is 172 cm³/mol. The van der Waals surface area contributed by atoms with Crippen molar-refractivity contribution < 1.29 is 9.47 Å². The van der Waals surface area contributed by atoms with E-state index in [0.29, 0.717) is 0 Å². The fourth-order valence-corrected chi connectivity index (χ4v) is 17.3. The summed E-state index contributed by atoms with van der Waals surface area (Å²) in [6.07, 6.45) is 9.83. The van der Waals surface area contributed by atoms with Gasteiger partial charge < -0.3 is 0 Å². The van der Waals surface area contributed by atoms with Gasteiger partial charge in [-0.1, -0.05) is 0 Å². The zero-order valence-corrected chi connectivity index (χ0v) is 31.9. The van der Waals surface area contributed by atoms with Gasteiger partial charge in [0.15, 0.2) is 0 Å². The molecule has 1 aromatic carbocycles. The molecule has 2 aromatic heterocycles. The summed E-state index contributed by atoms with van der Waals surface area (Å²) in [4.78, 5) is 15.2. The molecular weight excluding hydrogens is 694 g/mol. The van der Waals surface area contributed by atoms with E-state index in [9.17, 15) is 0 Å². The summed E-state index contributed by atoms with van der Waals surface area (Å²) in [7, 11) is 0. The maximum atomic E-state index is 7.00. The van der Waals surface area contributed by atoms with Crippen molar-refractivity contribution in [3.05, 3.63) is 12.1 Å². The second-order valence-corrected chi connectivity index (χ2v) is 45.4. The molecule has 0 spiro atoms. The average Bonchev–Trinajstić information content (AvgIpc) is 3.45. The summed E-state index contributed by atoms with van der Waals surface area (Å²) >= 11 is -0.528. The molecule has 0 amide bonds. The van der Waals surface area contributed by atoms with E-state index < -0.39 is 36.8 Å². The number of fused-ring (bicyclic) bond motifs is 2. The fourth-order valence-electron chi connectivity index (χ4n) is 4.56. The van der Waals surface area contributed by atoms with Crippen LogP contribution >= 0.6 is 22.7 Å². The van der Waals surface area contributed by atoms with Crippen LogP contribution in [0.3, 0.4) is 0 Å². The number of rotatable bonds is 14. The Hall–Kier alpha value is 0.337. The Bertz CT molecular complexity index is 991. The summed E-state index contributed by atoms with van der Waals surface area (Å²) < 4.78 is 19.9. The van der Waals surface area contributed by atoms with Gasteiger partial charge in [-0.3, -0.25) is 0 Å². The molecule has 3 aromatic rings. The first-order valence-electron chi connectivity index (χ1n) is 14.3. The molecule has 0 bridgehead atoms. The number of hydrogen-bond donors (Lipinski definition) is 0. The second kappa shape index (κ2) is 13.1. The molecule has 0 radical (unpaired) electrons. The van der Waals surface area contributed by atoms with Crippen molar-refractivity contribution in [2.75, 3.05) is 0 Å². The van der Waals surface area contributed by atoms with Crippen LogP contribution in [0.25, 0.3) is 20.2 Å². The first-order chi connectivity index (χ1) is 16.9. The molecule has 36 heavy (non-hydrogen) atoms. The second-order valence-electron chi connectivity index (χ2n) is 12.4. The maximum absolute atomic E-state index is 7.00. The van der Waals surface area contributed by atoms with Gasteiger partial charge in [-0.25, -0.2) is 0 Å². The van der Waals surface area contributed by atoms with Gasteiger partial charge in [-0.05, 0) is 0 Å². The summed E-state index contributed by atoms with van der Waals surface area (Å²) in [5.41, 5.74) is 0. The van der Waals surface area contributed by atoms with Crippen LogP contribution in [-0.4, -0.2) is 49.0 Å². The van der Waals surface area contributed by atoms with E-state index in [2.05, 4.69) is 69.5 Å². The van der Waals surface area contributed by atoms with E-state index in [1.807, 2.05) is 22.7 Å². The van der Waals surface area contributed by atoms with Gasteiger partial charge in [-0.2, -0.15) is 0 Å². The number of ether oxygens (including phenoxy) is 2. The van der Waals surface area contributed by atoms with Crippen molar-refractivity contribution in [1.29, 1.82) is 0 Å². The standard InChI is InChI=1S/C24H32O2S2.6CH3.2Sn/c1-5-9-11-17(7-3)25-21-19-13-15-28-24(19)22(20-14-16-27-23(20)21)26-18(8-4)12-10-6-2;;;;;;;;/h13-14,17-18H,5-12H2,1-4H3;6*1H3;;. The van der Waals surface area contributed by atoms with Gasteiger partial charge in [0.1, 0.15) is 0 Å². The van der Waals surface area contributed by atoms with Crippen LogP contribution in [0.15, 0.2) is 12.1 Å². The number of benzene rings is 1. The first-order valence-corrected chi connectivity index (χ1v) is 35.9. The molecule has 2 unspecified atom stereocenters. The molecule has 0 N–H and O–H groups in total. The van der Waals surface area contributed by atoms with Gasteiger partial charge >= 0.3 is 239 Å². The number of thiophene rings is 2. The summed E-state index contributed by atoms with van der Waals surface area (Å²) in [5, 5.41) is 2.64. The van der Waals surface area contributed by atoms with E-state index in [1.54, 1.807) is 5.79 Å². The van der Waals surface area contributed by atoms with Crippen LogP contribution in [0.5, 0.6) is 11.5 Å². The van der Waals surface area contributed by atoms with E-state index in [0.717, 1.165) is 37.2 Å². The molecule has 202 valence electrons. The number of unbranched alkanes of at least 4 members (excludes halogenated alkanes) is 2. The average molecular weight is 744 g/mol.